The van der Waals surface area contributed by atoms with E-state index in [1.807, 2.05) is 19.9 Å². The van der Waals surface area contributed by atoms with Gasteiger partial charge in [-0.25, -0.2) is 4.79 Å². The van der Waals surface area contributed by atoms with Gasteiger partial charge in [-0.2, -0.15) is 5.26 Å². The highest BCUT2D eigenvalue weighted by Crippen LogP contribution is 2.37. The van der Waals surface area contributed by atoms with Gasteiger partial charge >= 0.3 is 5.97 Å². The van der Waals surface area contributed by atoms with Crippen LogP contribution in [0.2, 0.25) is 0 Å². The first-order chi connectivity index (χ1) is 11.1. The van der Waals surface area contributed by atoms with Crippen LogP contribution in [0.1, 0.15) is 32.8 Å². The van der Waals surface area contributed by atoms with Gasteiger partial charge in [0.15, 0.2) is 11.5 Å². The number of carbonyl (C=O) groups excluding carboxylic acids is 1. The van der Waals surface area contributed by atoms with Crippen LogP contribution >= 0.6 is 15.9 Å². The molecule has 5 nitrogen and oxygen atoms in total. The Morgan fingerprint density at radius 3 is 2.57 bits per heavy atom. The summed E-state index contributed by atoms with van der Waals surface area (Å²) in [4.78, 5) is 11.7. The van der Waals surface area contributed by atoms with Gasteiger partial charge in [-0.05, 0) is 60.0 Å². The van der Waals surface area contributed by atoms with E-state index < -0.39 is 5.97 Å². The predicted molar refractivity (Wildman–Crippen MR) is 91.3 cm³/mol. The Hall–Kier alpha value is -2.00. The van der Waals surface area contributed by atoms with E-state index in [2.05, 4.69) is 15.9 Å². The Morgan fingerprint density at radius 1 is 1.26 bits per heavy atom. The molecule has 0 amide bonds. The standard InChI is InChI=1S/C17H20BrNO4/c1-4-7-23-16-14(18)9-12(10-15(16)21-5-2)8-13(11-19)17(20)22-6-3/h8-10H,4-7H2,1-3H3/b13-8+. The molecule has 0 aromatic heterocycles. The van der Waals surface area contributed by atoms with Crippen LogP contribution in [0.4, 0.5) is 0 Å². The number of halogens is 1. The van der Waals surface area contributed by atoms with Gasteiger partial charge in [0, 0.05) is 0 Å². The maximum Gasteiger partial charge on any atom is 0.348 e. The molecule has 0 saturated carbocycles. The van der Waals surface area contributed by atoms with Crippen LogP contribution < -0.4 is 9.47 Å². The van der Waals surface area contributed by atoms with Crippen molar-refractivity contribution in [3.05, 3.63) is 27.7 Å². The molecule has 0 saturated heterocycles. The zero-order valence-electron chi connectivity index (χ0n) is 13.5. The maximum atomic E-state index is 11.7. The zero-order valence-corrected chi connectivity index (χ0v) is 15.1. The molecule has 0 bridgehead atoms. The molecule has 1 aromatic rings. The summed E-state index contributed by atoms with van der Waals surface area (Å²) >= 11 is 3.44. The van der Waals surface area contributed by atoms with Crippen LogP contribution in [0.25, 0.3) is 6.08 Å². The number of nitriles is 1. The molecule has 0 atom stereocenters. The normalized spacial score (nSPS) is 10.8. The van der Waals surface area contributed by atoms with Crippen molar-refractivity contribution in [2.45, 2.75) is 27.2 Å². The first-order valence-corrected chi connectivity index (χ1v) is 8.24. The zero-order chi connectivity index (χ0) is 17.2. The Morgan fingerprint density at radius 2 is 2.00 bits per heavy atom. The number of nitrogens with zero attached hydrogens (tertiary/aromatic N) is 1. The smallest absolute Gasteiger partial charge is 0.348 e. The fraction of sp³-hybridized carbons (Fsp3) is 0.412. The Bertz CT molecular complexity index is 620. The number of esters is 1. The van der Waals surface area contributed by atoms with E-state index in [1.165, 1.54) is 6.08 Å². The van der Waals surface area contributed by atoms with Gasteiger partial charge in [0.1, 0.15) is 11.6 Å². The lowest BCUT2D eigenvalue weighted by Crippen LogP contribution is -2.06. The van der Waals surface area contributed by atoms with Crippen molar-refractivity contribution in [3.63, 3.8) is 0 Å². The molecule has 0 N–H and O–H groups in total. The molecule has 0 radical (unpaired) electrons. The molecule has 0 spiro atoms. The second-order valence-corrected chi connectivity index (χ2v) is 5.36. The monoisotopic (exact) mass is 381 g/mol. The van der Waals surface area contributed by atoms with E-state index in [4.69, 9.17) is 19.5 Å². The molecule has 6 heteroatoms. The highest BCUT2D eigenvalue weighted by atomic mass is 79.9. The van der Waals surface area contributed by atoms with Gasteiger partial charge in [0.2, 0.25) is 0 Å². The third-order valence-electron chi connectivity index (χ3n) is 2.71. The second-order valence-electron chi connectivity index (χ2n) is 4.50. The molecule has 0 fully saturated rings. The van der Waals surface area contributed by atoms with E-state index >= 15 is 0 Å². The SMILES string of the molecule is CCCOc1c(Br)cc(/C=C(\C#N)C(=O)OCC)cc1OCC. The van der Waals surface area contributed by atoms with Gasteiger partial charge in [-0.3, -0.25) is 0 Å². The average Bonchev–Trinajstić information content (AvgIpc) is 2.52. The molecule has 1 aromatic carbocycles. The van der Waals surface area contributed by atoms with Gasteiger partial charge in [-0.1, -0.05) is 6.92 Å². The summed E-state index contributed by atoms with van der Waals surface area (Å²) in [6, 6.07) is 5.35. The average molecular weight is 382 g/mol. The molecule has 0 aliphatic carbocycles. The number of benzene rings is 1. The summed E-state index contributed by atoms with van der Waals surface area (Å²) in [5.74, 6) is 0.526. The quantitative estimate of drug-likeness (QED) is 0.385. The summed E-state index contributed by atoms with van der Waals surface area (Å²) in [7, 11) is 0. The summed E-state index contributed by atoms with van der Waals surface area (Å²) in [6.07, 6.45) is 2.34. The van der Waals surface area contributed by atoms with E-state index in [0.29, 0.717) is 34.7 Å². The number of rotatable bonds is 8. The van der Waals surface area contributed by atoms with Crippen LogP contribution in [0.3, 0.4) is 0 Å². The summed E-state index contributed by atoms with van der Waals surface area (Å²) in [5.41, 5.74) is 0.581. The molecule has 124 valence electrons. The Labute approximate surface area is 145 Å². The van der Waals surface area contributed by atoms with E-state index in [1.54, 1.807) is 19.1 Å². The molecule has 0 aliphatic heterocycles. The molecular formula is C17H20BrNO4. The lowest BCUT2D eigenvalue weighted by molar-refractivity contribution is -0.137. The third-order valence-corrected chi connectivity index (χ3v) is 3.30. The van der Waals surface area contributed by atoms with Crippen LogP contribution in [0, 0.1) is 11.3 Å². The van der Waals surface area contributed by atoms with Gasteiger partial charge in [0.05, 0.1) is 24.3 Å². The number of hydrogen-bond donors (Lipinski definition) is 0. The van der Waals surface area contributed by atoms with Crippen LogP contribution in [-0.2, 0) is 9.53 Å². The molecule has 0 heterocycles. The third kappa shape index (κ3) is 5.61. The molecule has 23 heavy (non-hydrogen) atoms. The molecular weight excluding hydrogens is 362 g/mol. The number of hydrogen-bond acceptors (Lipinski definition) is 5. The first kappa shape index (κ1) is 19.0. The second kappa shape index (κ2) is 9.90. The van der Waals surface area contributed by atoms with Crippen molar-refractivity contribution in [2.24, 2.45) is 0 Å². The van der Waals surface area contributed by atoms with Gasteiger partial charge < -0.3 is 14.2 Å². The molecule has 0 unspecified atom stereocenters. The van der Waals surface area contributed by atoms with Crippen molar-refractivity contribution >= 4 is 28.0 Å². The number of carbonyl (C=O) groups is 1. The predicted octanol–water partition coefficient (Wildman–Crippen LogP) is 4.11. The topological polar surface area (TPSA) is 68.5 Å². The lowest BCUT2D eigenvalue weighted by atomic mass is 10.1. The minimum atomic E-state index is -0.643. The Balaban J connectivity index is 3.22. The fourth-order valence-electron chi connectivity index (χ4n) is 1.79. The van der Waals surface area contributed by atoms with Crippen LogP contribution in [0.5, 0.6) is 11.5 Å². The first-order valence-electron chi connectivity index (χ1n) is 7.45. The minimum absolute atomic E-state index is 0.0663. The lowest BCUT2D eigenvalue weighted by Gasteiger charge is -2.14. The summed E-state index contributed by atoms with van der Waals surface area (Å²) in [5, 5.41) is 9.11. The summed E-state index contributed by atoms with van der Waals surface area (Å²) < 4.78 is 16.8. The highest BCUT2D eigenvalue weighted by molar-refractivity contribution is 9.10. The Kier molecular flexibility index (Phi) is 8.20. The van der Waals surface area contributed by atoms with E-state index in [0.717, 1.165) is 6.42 Å². The highest BCUT2D eigenvalue weighted by Gasteiger charge is 2.14. The molecule has 0 aliphatic rings. The van der Waals surface area contributed by atoms with Crippen molar-refractivity contribution in [2.75, 3.05) is 19.8 Å². The summed E-state index contributed by atoms with van der Waals surface area (Å²) in [6.45, 7) is 6.85. The fourth-order valence-corrected chi connectivity index (χ4v) is 2.36. The largest absolute Gasteiger partial charge is 0.490 e. The minimum Gasteiger partial charge on any atom is -0.490 e. The van der Waals surface area contributed by atoms with Gasteiger partial charge in [-0.15, -0.1) is 0 Å². The van der Waals surface area contributed by atoms with Crippen LogP contribution in [0.15, 0.2) is 22.2 Å². The van der Waals surface area contributed by atoms with Crippen molar-refractivity contribution in [1.29, 1.82) is 5.26 Å². The molecule has 1 rings (SSSR count). The van der Waals surface area contributed by atoms with Crippen molar-refractivity contribution in [1.82, 2.24) is 0 Å². The van der Waals surface area contributed by atoms with E-state index in [9.17, 15) is 4.79 Å². The van der Waals surface area contributed by atoms with Crippen molar-refractivity contribution < 1.29 is 19.0 Å². The van der Waals surface area contributed by atoms with Crippen LogP contribution in [-0.4, -0.2) is 25.8 Å². The van der Waals surface area contributed by atoms with Crippen molar-refractivity contribution in [3.8, 4) is 17.6 Å². The number of ether oxygens (including phenoxy) is 3. The maximum absolute atomic E-state index is 11.7. The van der Waals surface area contributed by atoms with Gasteiger partial charge in [0.25, 0.3) is 0 Å². The van der Waals surface area contributed by atoms with E-state index in [-0.39, 0.29) is 12.2 Å².